The fourth-order valence-corrected chi connectivity index (χ4v) is 18.6. The number of esters is 2. The Kier molecular flexibility index (Phi) is 32.1. The molecule has 4 saturated heterocycles. The van der Waals surface area contributed by atoms with E-state index < -0.39 is 142 Å². The third kappa shape index (κ3) is 25.7. The number of aliphatic hydroxyl groups excluding tert-OH is 1. The third-order valence-electron chi connectivity index (χ3n) is 23.2. The number of fused-ring (bicyclic) bond motifs is 5. The van der Waals surface area contributed by atoms with E-state index in [1.165, 1.54) is 7.11 Å². The van der Waals surface area contributed by atoms with Gasteiger partial charge in [-0.3, -0.25) is 9.59 Å². The highest BCUT2D eigenvalue weighted by Gasteiger charge is 2.58. The molecule has 5 rings (SSSR count). The summed E-state index contributed by atoms with van der Waals surface area (Å²) in [6.45, 7) is 59.5. The van der Waals surface area contributed by atoms with Crippen LogP contribution in [-0.2, 0) is 74.7 Å². The third-order valence-corrected chi connectivity index (χ3v) is 41.2. The summed E-state index contributed by atoms with van der Waals surface area (Å²) < 4.78 is 96.2. The maximum atomic E-state index is 14.9. The molecule has 19 atom stereocenters. The van der Waals surface area contributed by atoms with Crippen LogP contribution in [0.4, 0.5) is 0 Å². The van der Waals surface area contributed by atoms with E-state index in [0.717, 1.165) is 0 Å². The molecule has 588 valence electrons. The second kappa shape index (κ2) is 36.5. The molecule has 5 aliphatic rings. The number of nitrogens with zero attached hydrogens (tertiary/aromatic N) is 3. The Morgan fingerprint density at radius 2 is 1.05 bits per heavy atom. The van der Waals surface area contributed by atoms with Gasteiger partial charge in [-0.25, -0.2) is 0 Å². The number of carbonyl (C=O) groups is 2. The van der Waals surface area contributed by atoms with E-state index in [2.05, 4.69) is 165 Å². The lowest BCUT2D eigenvalue weighted by atomic mass is 9.82. The Morgan fingerprint density at radius 1 is 0.573 bits per heavy atom. The summed E-state index contributed by atoms with van der Waals surface area (Å²) in [7, 11) is -7.14. The zero-order valence-electron chi connectivity index (χ0n) is 69.0. The van der Waals surface area contributed by atoms with Crippen LogP contribution in [0, 0.1) is 17.8 Å². The Bertz CT molecular complexity index is 3000. The topological polar surface area (TPSA) is 232 Å². The highest BCUT2D eigenvalue weighted by atomic mass is 28.4. The largest absolute Gasteiger partial charge is 0.469 e. The number of aliphatic hydroxyl groups is 1. The molecule has 4 fully saturated rings. The predicted octanol–water partition coefficient (Wildman–Crippen LogP) is 18.5. The van der Waals surface area contributed by atoms with E-state index >= 15 is 0 Å². The molecule has 0 saturated carbocycles. The molecular formula is C79H139N3O17Si4. The predicted molar refractivity (Wildman–Crippen MR) is 419 cm³/mol. The number of allylic oxidation sites excluding steroid dienone is 12. The van der Waals surface area contributed by atoms with E-state index in [0.29, 0.717) is 25.7 Å². The van der Waals surface area contributed by atoms with Crippen LogP contribution in [0.2, 0.25) is 72.5 Å². The van der Waals surface area contributed by atoms with E-state index in [-0.39, 0.29) is 75.8 Å². The van der Waals surface area contributed by atoms with Gasteiger partial charge in [0.2, 0.25) is 0 Å². The van der Waals surface area contributed by atoms with Crippen molar-refractivity contribution in [1.82, 2.24) is 0 Å². The van der Waals surface area contributed by atoms with Crippen LogP contribution in [0.5, 0.6) is 0 Å². The highest BCUT2D eigenvalue weighted by molar-refractivity contribution is 6.75. The second-order valence-electron chi connectivity index (χ2n) is 36.6. The first-order valence-electron chi connectivity index (χ1n) is 37.9. The Hall–Kier alpha value is -3.22. The zero-order valence-corrected chi connectivity index (χ0v) is 73.0. The van der Waals surface area contributed by atoms with E-state index in [1.54, 1.807) is 7.11 Å². The number of hydrogen-bond donors (Lipinski definition) is 1. The quantitative estimate of drug-likeness (QED) is 0.0593. The maximum Gasteiger partial charge on any atom is 0.313 e. The molecule has 0 amide bonds. The summed E-state index contributed by atoms with van der Waals surface area (Å²) in [5, 5.41) is 15.8. The van der Waals surface area contributed by atoms with Gasteiger partial charge in [-0.05, 0) is 138 Å². The summed E-state index contributed by atoms with van der Waals surface area (Å²) in [5.74, 6) is -5.42. The molecule has 0 spiro atoms. The number of rotatable bonds is 13. The molecular weight excluding hydrogens is 1380 g/mol. The zero-order chi connectivity index (χ0) is 77.9. The summed E-state index contributed by atoms with van der Waals surface area (Å²) in [5.41, 5.74) is 10.1. The van der Waals surface area contributed by atoms with Crippen molar-refractivity contribution < 1.29 is 79.8 Å². The Morgan fingerprint density at radius 3 is 1.56 bits per heavy atom. The number of cyclic esters (lactones) is 1. The number of methoxy groups -OCH3 is 2. The van der Waals surface area contributed by atoms with Crippen LogP contribution in [0.25, 0.3) is 10.4 Å². The van der Waals surface area contributed by atoms with Gasteiger partial charge >= 0.3 is 11.9 Å². The van der Waals surface area contributed by atoms with Crippen LogP contribution < -0.4 is 0 Å². The van der Waals surface area contributed by atoms with Crippen molar-refractivity contribution in [2.45, 2.75) is 371 Å². The van der Waals surface area contributed by atoms with Crippen molar-refractivity contribution in [3.8, 4) is 0 Å². The molecule has 0 radical (unpaired) electrons. The lowest BCUT2D eigenvalue weighted by Crippen LogP contribution is -2.62. The van der Waals surface area contributed by atoms with Gasteiger partial charge < -0.3 is 70.2 Å². The molecule has 20 nitrogen and oxygen atoms in total. The summed E-state index contributed by atoms with van der Waals surface area (Å²) >= 11 is 0. The minimum atomic E-state index is -2.72. The monoisotopic (exact) mass is 1510 g/mol. The molecule has 0 aromatic heterocycles. The van der Waals surface area contributed by atoms with Crippen molar-refractivity contribution in [3.63, 3.8) is 0 Å². The van der Waals surface area contributed by atoms with Crippen molar-refractivity contribution >= 4 is 45.2 Å². The van der Waals surface area contributed by atoms with Gasteiger partial charge in [-0.1, -0.05) is 187 Å². The number of azide groups is 1. The Labute approximate surface area is 625 Å². The van der Waals surface area contributed by atoms with E-state index in [9.17, 15) is 20.2 Å². The van der Waals surface area contributed by atoms with Crippen LogP contribution in [0.1, 0.15) is 190 Å². The van der Waals surface area contributed by atoms with Crippen LogP contribution in [0.3, 0.4) is 0 Å². The normalized spacial score (nSPS) is 36.5. The van der Waals surface area contributed by atoms with Gasteiger partial charge in [0.05, 0.1) is 86.7 Å². The van der Waals surface area contributed by atoms with E-state index in [1.807, 2.05) is 121 Å². The molecule has 4 bridgehead atoms. The van der Waals surface area contributed by atoms with Crippen molar-refractivity contribution in [3.05, 3.63) is 95.5 Å². The van der Waals surface area contributed by atoms with E-state index in [4.69, 9.17) is 65.1 Å². The lowest BCUT2D eigenvalue weighted by Gasteiger charge is -2.52. The van der Waals surface area contributed by atoms with Crippen LogP contribution in [0.15, 0.2) is 90.2 Å². The first kappa shape index (κ1) is 90.4. The molecule has 0 aromatic rings. The van der Waals surface area contributed by atoms with Gasteiger partial charge in [0.15, 0.2) is 56.9 Å². The average molecular weight is 1520 g/mol. The number of carbonyl (C=O) groups excluding carboxylic acids is 2. The smallest absolute Gasteiger partial charge is 0.313 e. The SMILES string of the molecule is COC(=O)[C@H]1[C@@H]2C[C@@H](O[C@@H]3O[C@H](C)[C@@H](O[Si](C)(C)C(C)(C)C)[C@H](N=[N+]=[N-])[C@@H]3O)/C=C/C=C/C=C/C=C/C=C/C=C/C=C/[C@H](C)[C@@H](O[Si](C)(C)C(C)(C)C)[C@@H](C)[C@H](C)OC(=O)C[C@H]3C[C@@H](CC[C@H]4OC(C)(C)O[C@@H]4C[C@H](O[Si](C)(C)C(C)(C)C)C[C@](OC)(C[C@@H]1O[Si](C)(C)C(C)(C)C)O2)OC(C)(C)O3. The maximum absolute atomic E-state index is 14.9. The molecule has 5 aliphatic heterocycles. The summed E-state index contributed by atoms with van der Waals surface area (Å²) in [6, 6.07) is -1.08. The highest BCUT2D eigenvalue weighted by Crippen LogP contribution is 2.49. The summed E-state index contributed by atoms with van der Waals surface area (Å²) in [6.07, 6.45) is 19.8. The summed E-state index contributed by atoms with van der Waals surface area (Å²) in [4.78, 5) is 32.3. The van der Waals surface area contributed by atoms with Crippen molar-refractivity contribution in [2.75, 3.05) is 14.2 Å². The lowest BCUT2D eigenvalue weighted by molar-refractivity contribution is -0.315. The van der Waals surface area contributed by atoms with Gasteiger partial charge in [0.25, 0.3) is 0 Å². The fourth-order valence-electron chi connectivity index (χ4n) is 13.1. The van der Waals surface area contributed by atoms with Crippen molar-refractivity contribution in [1.29, 1.82) is 0 Å². The van der Waals surface area contributed by atoms with Gasteiger partial charge in [-0.15, -0.1) is 0 Å². The van der Waals surface area contributed by atoms with Crippen LogP contribution >= 0.6 is 0 Å². The Balaban J connectivity index is 1.68. The standard InChI is InChI=1S/C79H139N3O17Si4/c1-53-43-41-39-37-35-33-31-32-34-36-38-40-42-44-57(90-72-68(84)67(81-82-80)70(56(4)89-72)99-103(29,30)76(14,15)16)48-63-66(71(85)86-21)64(97-101(25,26)74(8,9)10)52-79(87-22,95-63)51-60(96-100(23,24)73(5,6)7)49-62-61(93-78(19,20)94-62)46-45-58-47-59(92-77(17,18)91-58)50-65(83)88-55(3)54(2)69(53)98-102(27,28)75(11,12)13/h31-44,53-64,66-70,72,84H,45-52H2,1-30H3/b32-31+,35-33+,36-34+,39-37+,40-38+,43-41+,44-42+/t53-,54-,55-,56+,57-,58+,59+,60-,61+,62+,63-,64-,66-,67+,68-,69+,70+,72-,79+/m0/s1. The van der Waals surface area contributed by atoms with Crippen LogP contribution in [-0.4, -0.2) is 174 Å². The molecule has 5 heterocycles. The molecule has 0 aromatic carbocycles. The van der Waals surface area contributed by atoms with Crippen molar-refractivity contribution in [2.24, 2.45) is 22.9 Å². The fraction of sp³-hybridized carbons (Fsp3) is 0.797. The minimum Gasteiger partial charge on any atom is -0.469 e. The molecule has 0 unspecified atom stereocenters. The first-order valence-corrected chi connectivity index (χ1v) is 49.5. The molecule has 103 heavy (non-hydrogen) atoms. The second-order valence-corrected chi connectivity index (χ2v) is 55.6. The van der Waals surface area contributed by atoms with Gasteiger partial charge in [0.1, 0.15) is 18.1 Å². The molecule has 24 heteroatoms. The number of hydrogen-bond acceptors (Lipinski definition) is 18. The van der Waals surface area contributed by atoms with Gasteiger partial charge in [0, 0.05) is 50.0 Å². The average Bonchev–Trinajstić information content (AvgIpc) is 0.889. The molecule has 0 aliphatic carbocycles. The molecule has 1 N–H and O–H groups in total. The van der Waals surface area contributed by atoms with Gasteiger partial charge in [-0.2, -0.15) is 0 Å². The number of ether oxygens (including phenoxy) is 10. The minimum absolute atomic E-state index is 0.00544. The first-order chi connectivity index (χ1) is 47.2.